The quantitative estimate of drug-likeness (QED) is 0.717. The van der Waals surface area contributed by atoms with Crippen molar-refractivity contribution in [3.63, 3.8) is 0 Å². The van der Waals surface area contributed by atoms with Crippen LogP contribution in [0, 0.1) is 0 Å². The van der Waals surface area contributed by atoms with Crippen LogP contribution in [0.15, 0.2) is 18.3 Å². The third kappa shape index (κ3) is 2.10. The largest absolute Gasteiger partial charge is 0.345 e. The highest BCUT2D eigenvalue weighted by atomic mass is 16.2. The SMILES string of the molecule is CC(C)c1ncccc1C(=O)N(C)C. The number of carbonyl (C=O) groups is 1. The van der Waals surface area contributed by atoms with Crippen molar-refractivity contribution < 1.29 is 4.79 Å². The van der Waals surface area contributed by atoms with Crippen LogP contribution >= 0.6 is 0 Å². The van der Waals surface area contributed by atoms with Crippen molar-refractivity contribution in [3.05, 3.63) is 29.6 Å². The molecule has 1 rings (SSSR count). The summed E-state index contributed by atoms with van der Waals surface area (Å²) in [5, 5.41) is 0. The molecule has 1 aromatic rings. The number of hydrogen-bond donors (Lipinski definition) is 0. The second-order valence-corrected chi connectivity index (χ2v) is 3.79. The van der Waals surface area contributed by atoms with Crippen molar-refractivity contribution >= 4 is 5.91 Å². The molecule has 1 aromatic heterocycles. The summed E-state index contributed by atoms with van der Waals surface area (Å²) in [7, 11) is 3.50. The number of rotatable bonds is 2. The maximum Gasteiger partial charge on any atom is 0.255 e. The molecule has 0 spiro atoms. The van der Waals surface area contributed by atoms with Crippen LogP contribution in [0.2, 0.25) is 0 Å². The molecule has 3 heteroatoms. The van der Waals surface area contributed by atoms with E-state index in [0.29, 0.717) is 5.56 Å². The first-order valence-electron chi connectivity index (χ1n) is 4.70. The minimum absolute atomic E-state index is 0.0156. The van der Waals surface area contributed by atoms with Crippen LogP contribution < -0.4 is 0 Å². The smallest absolute Gasteiger partial charge is 0.255 e. The molecule has 0 saturated heterocycles. The molecule has 76 valence electrons. The number of amides is 1. The van der Waals surface area contributed by atoms with Crippen LogP contribution in [-0.2, 0) is 0 Å². The van der Waals surface area contributed by atoms with Crippen LogP contribution in [0.5, 0.6) is 0 Å². The van der Waals surface area contributed by atoms with Crippen LogP contribution in [0.1, 0.15) is 35.8 Å². The van der Waals surface area contributed by atoms with Gasteiger partial charge in [0.25, 0.3) is 5.91 Å². The molecule has 0 atom stereocenters. The third-order valence-electron chi connectivity index (χ3n) is 2.02. The first kappa shape index (κ1) is 10.7. The summed E-state index contributed by atoms with van der Waals surface area (Å²) in [4.78, 5) is 17.6. The Balaban J connectivity index is 3.13. The van der Waals surface area contributed by atoms with E-state index in [4.69, 9.17) is 0 Å². The predicted molar refractivity (Wildman–Crippen MR) is 56.3 cm³/mol. The van der Waals surface area contributed by atoms with Crippen molar-refractivity contribution in [2.45, 2.75) is 19.8 Å². The first-order valence-corrected chi connectivity index (χ1v) is 4.70. The van der Waals surface area contributed by atoms with Gasteiger partial charge in [-0.25, -0.2) is 0 Å². The van der Waals surface area contributed by atoms with Gasteiger partial charge in [0.05, 0.1) is 11.3 Å². The molecule has 0 bridgehead atoms. The summed E-state index contributed by atoms with van der Waals surface area (Å²) in [6.45, 7) is 4.07. The Morgan fingerprint density at radius 1 is 1.43 bits per heavy atom. The fraction of sp³-hybridized carbons (Fsp3) is 0.455. The van der Waals surface area contributed by atoms with E-state index in [2.05, 4.69) is 4.98 Å². The van der Waals surface area contributed by atoms with Crippen LogP contribution in [0.4, 0.5) is 0 Å². The molecule has 0 radical (unpaired) electrons. The molecule has 0 N–H and O–H groups in total. The van der Waals surface area contributed by atoms with Gasteiger partial charge < -0.3 is 4.90 Å². The highest BCUT2D eigenvalue weighted by molar-refractivity contribution is 5.95. The fourth-order valence-electron chi connectivity index (χ4n) is 1.30. The number of hydrogen-bond acceptors (Lipinski definition) is 2. The summed E-state index contributed by atoms with van der Waals surface area (Å²) >= 11 is 0. The van der Waals surface area contributed by atoms with Gasteiger partial charge >= 0.3 is 0 Å². The first-order chi connectivity index (χ1) is 6.54. The van der Waals surface area contributed by atoms with Gasteiger partial charge in [-0.2, -0.15) is 0 Å². The second-order valence-electron chi connectivity index (χ2n) is 3.79. The zero-order valence-corrected chi connectivity index (χ0v) is 9.11. The molecule has 0 aliphatic heterocycles. The Kier molecular flexibility index (Phi) is 3.23. The van der Waals surface area contributed by atoms with Gasteiger partial charge in [-0.15, -0.1) is 0 Å². The number of aromatic nitrogens is 1. The summed E-state index contributed by atoms with van der Waals surface area (Å²) < 4.78 is 0. The Labute approximate surface area is 84.8 Å². The Morgan fingerprint density at radius 3 is 2.57 bits per heavy atom. The zero-order chi connectivity index (χ0) is 10.7. The Morgan fingerprint density at radius 2 is 2.07 bits per heavy atom. The summed E-state index contributed by atoms with van der Waals surface area (Å²) in [5.41, 5.74) is 1.57. The van der Waals surface area contributed by atoms with Gasteiger partial charge in [-0.05, 0) is 18.1 Å². The monoisotopic (exact) mass is 192 g/mol. The van der Waals surface area contributed by atoms with Crippen molar-refractivity contribution in [1.82, 2.24) is 9.88 Å². The van der Waals surface area contributed by atoms with Gasteiger partial charge in [0, 0.05) is 20.3 Å². The van der Waals surface area contributed by atoms with E-state index in [-0.39, 0.29) is 11.8 Å². The van der Waals surface area contributed by atoms with Gasteiger partial charge in [0.2, 0.25) is 0 Å². The van der Waals surface area contributed by atoms with Crippen molar-refractivity contribution in [2.24, 2.45) is 0 Å². The zero-order valence-electron chi connectivity index (χ0n) is 9.11. The molecule has 1 heterocycles. The van der Waals surface area contributed by atoms with Crippen molar-refractivity contribution in [1.29, 1.82) is 0 Å². The van der Waals surface area contributed by atoms with Gasteiger partial charge in [0.15, 0.2) is 0 Å². The van der Waals surface area contributed by atoms with Gasteiger partial charge in [0.1, 0.15) is 0 Å². The van der Waals surface area contributed by atoms with E-state index in [1.165, 1.54) is 0 Å². The van der Waals surface area contributed by atoms with Crippen molar-refractivity contribution in [3.8, 4) is 0 Å². The maximum atomic E-state index is 11.8. The lowest BCUT2D eigenvalue weighted by Crippen LogP contribution is -2.23. The highest BCUT2D eigenvalue weighted by Crippen LogP contribution is 2.17. The van der Waals surface area contributed by atoms with E-state index in [1.807, 2.05) is 19.9 Å². The molecule has 0 saturated carbocycles. The van der Waals surface area contributed by atoms with E-state index in [9.17, 15) is 4.79 Å². The average Bonchev–Trinajstić information content (AvgIpc) is 2.16. The lowest BCUT2D eigenvalue weighted by atomic mass is 10.0. The molecule has 1 amide bonds. The van der Waals surface area contributed by atoms with E-state index in [1.54, 1.807) is 31.3 Å². The van der Waals surface area contributed by atoms with E-state index in [0.717, 1.165) is 5.69 Å². The minimum Gasteiger partial charge on any atom is -0.345 e. The molecular formula is C11H16N2O. The number of nitrogens with zero attached hydrogens (tertiary/aromatic N) is 2. The normalized spacial score (nSPS) is 10.4. The van der Waals surface area contributed by atoms with Gasteiger partial charge in [-0.1, -0.05) is 13.8 Å². The fourth-order valence-corrected chi connectivity index (χ4v) is 1.30. The van der Waals surface area contributed by atoms with Gasteiger partial charge in [-0.3, -0.25) is 9.78 Å². The predicted octanol–water partition coefficient (Wildman–Crippen LogP) is 1.91. The Bertz CT molecular complexity index is 332. The minimum atomic E-state index is 0.0156. The van der Waals surface area contributed by atoms with E-state index < -0.39 is 0 Å². The number of pyridine rings is 1. The summed E-state index contributed by atoms with van der Waals surface area (Å²) in [6.07, 6.45) is 1.72. The topological polar surface area (TPSA) is 33.2 Å². The number of carbonyl (C=O) groups excluding carboxylic acids is 1. The second kappa shape index (κ2) is 4.22. The molecule has 0 unspecified atom stereocenters. The molecule has 0 aliphatic rings. The molecule has 0 aliphatic carbocycles. The highest BCUT2D eigenvalue weighted by Gasteiger charge is 2.15. The Hall–Kier alpha value is -1.38. The van der Waals surface area contributed by atoms with Crippen LogP contribution in [-0.4, -0.2) is 29.9 Å². The van der Waals surface area contributed by atoms with Crippen LogP contribution in [0.3, 0.4) is 0 Å². The maximum absolute atomic E-state index is 11.8. The third-order valence-corrected chi connectivity index (χ3v) is 2.02. The van der Waals surface area contributed by atoms with Crippen LogP contribution in [0.25, 0.3) is 0 Å². The molecule has 0 fully saturated rings. The molecular weight excluding hydrogens is 176 g/mol. The average molecular weight is 192 g/mol. The standard InChI is InChI=1S/C11H16N2O/c1-8(2)10-9(6-5-7-12-10)11(14)13(3)4/h5-8H,1-4H3. The lowest BCUT2D eigenvalue weighted by molar-refractivity contribution is 0.0825. The summed E-state index contributed by atoms with van der Waals surface area (Å²) in [5.74, 6) is 0.289. The molecule has 14 heavy (non-hydrogen) atoms. The lowest BCUT2D eigenvalue weighted by Gasteiger charge is -2.14. The molecule has 3 nitrogen and oxygen atoms in total. The van der Waals surface area contributed by atoms with E-state index >= 15 is 0 Å². The molecule has 0 aromatic carbocycles. The van der Waals surface area contributed by atoms with Crippen molar-refractivity contribution in [2.75, 3.05) is 14.1 Å². The summed E-state index contributed by atoms with van der Waals surface area (Å²) in [6, 6.07) is 3.62.